The van der Waals surface area contributed by atoms with Gasteiger partial charge in [-0.25, -0.2) is 9.97 Å². The molecule has 0 saturated carbocycles. The molecule has 2 aliphatic rings. The molecule has 2 N–H and O–H groups in total. The first-order valence-electron chi connectivity index (χ1n) is 11.4. The van der Waals surface area contributed by atoms with E-state index in [0.717, 1.165) is 79.3 Å². The first-order chi connectivity index (χ1) is 16.2. The fraction of sp³-hybridized carbons (Fsp3) is 0.417. The van der Waals surface area contributed by atoms with Gasteiger partial charge < -0.3 is 24.5 Å². The molecule has 172 valence electrons. The van der Waals surface area contributed by atoms with Crippen LogP contribution in [0.2, 0.25) is 0 Å². The normalized spacial score (nSPS) is 18.7. The molecule has 0 aliphatic carbocycles. The fourth-order valence-corrected chi connectivity index (χ4v) is 4.64. The molecule has 2 aromatic heterocycles. The summed E-state index contributed by atoms with van der Waals surface area (Å²) in [7, 11) is 0. The number of carbonyl (C=O) groups is 1. The van der Waals surface area contributed by atoms with Crippen molar-refractivity contribution in [3.8, 4) is 11.3 Å². The molecule has 9 heteroatoms. The number of hydrogen-bond donors (Lipinski definition) is 2. The van der Waals surface area contributed by atoms with Crippen LogP contribution >= 0.6 is 0 Å². The van der Waals surface area contributed by atoms with Gasteiger partial charge in [-0.15, -0.1) is 0 Å². The van der Waals surface area contributed by atoms with Gasteiger partial charge in [-0.1, -0.05) is 0 Å². The SMILES string of the molecule is O=CCN1CCc2nc(Nc3ccc(-c4cnco4)cc3)nc(N3CCCC(CO)C3)c2C1. The summed E-state index contributed by atoms with van der Waals surface area (Å²) in [6.07, 6.45) is 6.88. The van der Waals surface area contributed by atoms with Gasteiger partial charge in [0.15, 0.2) is 12.2 Å². The third-order valence-corrected chi connectivity index (χ3v) is 6.38. The number of aliphatic hydroxyl groups is 1. The van der Waals surface area contributed by atoms with Crippen LogP contribution in [0, 0.1) is 5.92 Å². The van der Waals surface area contributed by atoms with Crippen LogP contribution in [-0.4, -0.2) is 64.0 Å². The second-order valence-electron chi connectivity index (χ2n) is 8.65. The number of oxazole rings is 1. The molecule has 1 fully saturated rings. The standard InChI is InChI=1S/C24H28N6O3/c31-11-10-29-9-7-21-20(14-29)23(30-8-1-2-17(13-30)15-32)28-24(27-21)26-19-5-3-18(4-6-19)22-12-25-16-33-22/h3-6,11-12,16-17,32H,1-2,7-10,13-15H2,(H,26,27,28). The number of anilines is 3. The molecule has 1 saturated heterocycles. The summed E-state index contributed by atoms with van der Waals surface area (Å²) < 4.78 is 5.36. The fourth-order valence-electron chi connectivity index (χ4n) is 4.64. The van der Waals surface area contributed by atoms with Crippen molar-refractivity contribution in [2.75, 3.05) is 43.0 Å². The van der Waals surface area contributed by atoms with Crippen molar-refractivity contribution in [3.63, 3.8) is 0 Å². The van der Waals surface area contributed by atoms with Crippen LogP contribution in [0.25, 0.3) is 11.3 Å². The van der Waals surface area contributed by atoms with Crippen LogP contribution in [0.15, 0.2) is 41.3 Å². The Labute approximate surface area is 192 Å². The molecular weight excluding hydrogens is 420 g/mol. The molecule has 0 radical (unpaired) electrons. The number of benzene rings is 1. The van der Waals surface area contributed by atoms with E-state index in [0.29, 0.717) is 19.0 Å². The number of hydrogen-bond acceptors (Lipinski definition) is 9. The van der Waals surface area contributed by atoms with Gasteiger partial charge in [0.25, 0.3) is 0 Å². The lowest BCUT2D eigenvalue weighted by Crippen LogP contribution is -2.40. The second-order valence-corrected chi connectivity index (χ2v) is 8.65. The van der Waals surface area contributed by atoms with Gasteiger partial charge in [-0.05, 0) is 43.0 Å². The smallest absolute Gasteiger partial charge is 0.229 e. The third-order valence-electron chi connectivity index (χ3n) is 6.38. The molecule has 5 rings (SSSR count). The predicted molar refractivity (Wildman–Crippen MR) is 124 cm³/mol. The molecule has 4 heterocycles. The Morgan fingerprint density at radius 1 is 1.21 bits per heavy atom. The topological polar surface area (TPSA) is 108 Å². The first kappa shape index (κ1) is 21.5. The van der Waals surface area contributed by atoms with E-state index in [-0.39, 0.29) is 12.5 Å². The van der Waals surface area contributed by atoms with Crippen LogP contribution in [0.4, 0.5) is 17.5 Å². The van der Waals surface area contributed by atoms with Crippen molar-refractivity contribution in [1.82, 2.24) is 19.9 Å². The minimum absolute atomic E-state index is 0.184. The number of nitrogens with zero attached hydrogens (tertiary/aromatic N) is 5. The van der Waals surface area contributed by atoms with Gasteiger partial charge in [0.2, 0.25) is 5.95 Å². The van der Waals surface area contributed by atoms with E-state index in [1.165, 1.54) is 6.39 Å². The molecule has 0 spiro atoms. The summed E-state index contributed by atoms with van der Waals surface area (Å²) in [5.41, 5.74) is 3.94. The highest BCUT2D eigenvalue weighted by molar-refractivity contribution is 5.64. The van der Waals surface area contributed by atoms with Gasteiger partial charge in [-0.2, -0.15) is 4.98 Å². The molecule has 9 nitrogen and oxygen atoms in total. The molecule has 2 aliphatic heterocycles. The lowest BCUT2D eigenvalue weighted by Gasteiger charge is -2.36. The number of aldehydes is 1. The molecule has 1 atom stereocenters. The quantitative estimate of drug-likeness (QED) is 0.527. The largest absolute Gasteiger partial charge is 0.444 e. The van der Waals surface area contributed by atoms with Crippen LogP contribution in [0.5, 0.6) is 0 Å². The Bertz CT molecular complexity index is 1090. The van der Waals surface area contributed by atoms with Crippen molar-refractivity contribution in [3.05, 3.63) is 48.1 Å². The Morgan fingerprint density at radius 3 is 2.85 bits per heavy atom. The predicted octanol–water partition coefficient (Wildman–Crippen LogP) is 2.64. The molecule has 0 amide bonds. The van der Waals surface area contributed by atoms with Crippen molar-refractivity contribution < 1.29 is 14.3 Å². The zero-order chi connectivity index (χ0) is 22.6. The number of nitrogens with one attached hydrogen (secondary N) is 1. The lowest BCUT2D eigenvalue weighted by atomic mass is 9.98. The van der Waals surface area contributed by atoms with E-state index in [4.69, 9.17) is 14.4 Å². The number of aliphatic hydroxyl groups excluding tert-OH is 1. The summed E-state index contributed by atoms with van der Waals surface area (Å²) in [6.45, 7) is 3.74. The molecule has 1 unspecified atom stereocenters. The third kappa shape index (κ3) is 4.74. The maximum Gasteiger partial charge on any atom is 0.229 e. The van der Waals surface area contributed by atoms with E-state index >= 15 is 0 Å². The Balaban J connectivity index is 1.44. The average Bonchev–Trinajstić information content (AvgIpc) is 3.39. The summed E-state index contributed by atoms with van der Waals surface area (Å²) in [5.74, 6) is 2.44. The summed E-state index contributed by atoms with van der Waals surface area (Å²) in [5, 5.41) is 13.1. The molecule has 0 bridgehead atoms. The molecular formula is C24H28N6O3. The average molecular weight is 449 g/mol. The van der Waals surface area contributed by atoms with Gasteiger partial charge in [0, 0.05) is 56.0 Å². The summed E-state index contributed by atoms with van der Waals surface area (Å²) >= 11 is 0. The molecule has 33 heavy (non-hydrogen) atoms. The maximum absolute atomic E-state index is 11.1. The molecule has 3 aromatic rings. The Hall–Kier alpha value is -3.30. The molecule has 1 aromatic carbocycles. The lowest BCUT2D eigenvalue weighted by molar-refractivity contribution is -0.109. The van der Waals surface area contributed by atoms with Crippen LogP contribution in [0.3, 0.4) is 0 Å². The Morgan fingerprint density at radius 2 is 2.09 bits per heavy atom. The second kappa shape index (κ2) is 9.68. The summed E-state index contributed by atoms with van der Waals surface area (Å²) in [4.78, 5) is 29.2. The van der Waals surface area contributed by atoms with Crippen LogP contribution < -0.4 is 10.2 Å². The summed E-state index contributed by atoms with van der Waals surface area (Å²) in [6, 6.07) is 7.87. The van der Waals surface area contributed by atoms with Crippen molar-refractivity contribution in [2.24, 2.45) is 5.92 Å². The highest BCUT2D eigenvalue weighted by Crippen LogP contribution is 2.32. The zero-order valence-electron chi connectivity index (χ0n) is 18.5. The van der Waals surface area contributed by atoms with Crippen LogP contribution in [0.1, 0.15) is 24.1 Å². The first-order valence-corrected chi connectivity index (χ1v) is 11.4. The van der Waals surface area contributed by atoms with Gasteiger partial charge >= 0.3 is 0 Å². The maximum atomic E-state index is 11.1. The number of fused-ring (bicyclic) bond motifs is 1. The van der Waals surface area contributed by atoms with Gasteiger partial charge in [0.05, 0.1) is 18.4 Å². The van der Waals surface area contributed by atoms with Crippen molar-refractivity contribution in [2.45, 2.75) is 25.8 Å². The van der Waals surface area contributed by atoms with E-state index in [2.05, 4.69) is 20.1 Å². The number of rotatable bonds is 7. The van der Waals surface area contributed by atoms with Crippen molar-refractivity contribution in [1.29, 1.82) is 0 Å². The van der Waals surface area contributed by atoms with E-state index in [1.54, 1.807) is 6.20 Å². The zero-order valence-corrected chi connectivity index (χ0v) is 18.5. The number of aromatic nitrogens is 3. The van der Waals surface area contributed by atoms with Gasteiger partial charge in [0.1, 0.15) is 12.1 Å². The van der Waals surface area contributed by atoms with E-state index in [1.807, 2.05) is 24.3 Å². The van der Waals surface area contributed by atoms with Crippen LogP contribution in [-0.2, 0) is 17.8 Å². The van der Waals surface area contributed by atoms with Gasteiger partial charge in [-0.3, -0.25) is 4.90 Å². The number of carbonyl (C=O) groups excluding carboxylic acids is 1. The Kier molecular flexibility index (Phi) is 6.32. The van der Waals surface area contributed by atoms with E-state index < -0.39 is 0 Å². The minimum atomic E-state index is 0.184. The minimum Gasteiger partial charge on any atom is -0.444 e. The monoisotopic (exact) mass is 448 g/mol. The highest BCUT2D eigenvalue weighted by atomic mass is 16.3. The van der Waals surface area contributed by atoms with E-state index in [9.17, 15) is 9.90 Å². The van der Waals surface area contributed by atoms with Crippen molar-refractivity contribution >= 4 is 23.7 Å². The highest BCUT2D eigenvalue weighted by Gasteiger charge is 2.28. The number of piperidine rings is 1.